The number of imide groups is 1. The molecule has 0 radical (unpaired) electrons. The molecule has 1 unspecified atom stereocenters. The van der Waals surface area contributed by atoms with Gasteiger partial charge in [0.25, 0.3) is 0 Å². The van der Waals surface area contributed by atoms with Crippen molar-refractivity contribution in [3.05, 3.63) is 63.6 Å². The summed E-state index contributed by atoms with van der Waals surface area (Å²) in [6.07, 6.45) is 11.0. The monoisotopic (exact) mass is 1300 g/mol. The third kappa shape index (κ3) is 18.5. The van der Waals surface area contributed by atoms with Crippen LogP contribution in [-0.4, -0.2) is 128 Å². The summed E-state index contributed by atoms with van der Waals surface area (Å²) in [5, 5.41) is 16.7. The maximum absolute atomic E-state index is 12.3. The van der Waals surface area contributed by atoms with E-state index in [0.29, 0.717) is 46.1 Å². The van der Waals surface area contributed by atoms with Gasteiger partial charge in [-0.3, -0.25) is 0 Å². The number of hydrogen-bond acceptors (Lipinski definition) is 10. The predicted octanol–water partition coefficient (Wildman–Crippen LogP) is 13.9. The minimum Gasteiger partial charge on any atom is -1.00 e. The standard InChI is InChI=1S/C27H45N3O3Si.C17H27IN2Si.C15H27NO5.C3H7.ClH.Mg/c1-16(2)34(17(3)4,18(5)6)30-12-11-22-23(19(7)15-28-25(22)30)24(31)20-13-21(14-20)29-26(32)33-27(8,9)10;1-11(2)21(12(3)4,13(5)6)20-9-8-15-16(18)14(7)10-19-17(15)20;1-14(2,3)20-12(17)16(10-8-11(9-10)19-7)13(18)21-15(4,5)6;1-3-2;;/h11-12,15-18,20-21,24,31H,13-14H2,1-10H3,(H,29,32);8-13H,1-7H3;10-11H,8-9H2,1-7H3;3H,1-2H3;1H;/q;;;-1;;+2/p-1. The predicted molar refractivity (Wildman–Crippen MR) is 345 cm³/mol. The van der Waals surface area contributed by atoms with Crippen molar-refractivity contribution in [1.82, 2.24) is 28.6 Å². The maximum atomic E-state index is 12.3. The zero-order chi connectivity index (χ0) is 60.7. The molecule has 6 rings (SSSR count). The van der Waals surface area contributed by atoms with E-state index >= 15 is 0 Å². The summed E-state index contributed by atoms with van der Waals surface area (Å²) >= 11 is 2.46. The number of aliphatic hydroxyl groups excluding tert-OH is 1. The van der Waals surface area contributed by atoms with Gasteiger partial charge in [0.2, 0.25) is 0 Å². The van der Waals surface area contributed by atoms with Gasteiger partial charge < -0.3 is 56.7 Å². The molecule has 1 atom stereocenters. The molecular formula is C62H106ClIMgN6O8Si2. The number of ether oxygens (including phenoxy) is 4. The molecule has 2 N–H and O–H groups in total. The Morgan fingerprint density at radius 2 is 1.02 bits per heavy atom. The smallest absolute Gasteiger partial charge is 1.00 e. The van der Waals surface area contributed by atoms with Crippen molar-refractivity contribution in [3.63, 3.8) is 0 Å². The SMILES string of the molecule is COC1CC(N(C(=O)OC(C)(C)C)C(=O)OC(C)(C)C)C1.C[CH-]C.Cc1cnc2c(ccn2[Si](C(C)C)(C(C)C)C(C)C)c1C(O)C1CC(NC(=O)OC(C)(C)C)C1.Cc1cnc2c(ccn2[Si](C(C)C)(C(C)C)C(C)C)c1I.[Cl-].[Mg+2]. The first-order valence-corrected chi connectivity index (χ1v) is 34.5. The summed E-state index contributed by atoms with van der Waals surface area (Å²) in [6, 6.07) is 4.24. The molecular weight excluding hydrogens is 1200 g/mol. The second-order valence-electron chi connectivity index (χ2n) is 27.1. The number of nitrogens with one attached hydrogen (secondary N) is 1. The Kier molecular flexibility index (Phi) is 29.5. The number of methoxy groups -OCH3 is 1. The zero-order valence-corrected chi connectivity index (χ0v) is 61.1. The van der Waals surface area contributed by atoms with E-state index in [4.69, 9.17) is 28.9 Å². The number of alkyl carbamates (subject to hydrolysis) is 1. The first-order chi connectivity index (χ1) is 36.3. The molecule has 0 aromatic carbocycles. The Morgan fingerprint density at radius 1 is 0.667 bits per heavy atom. The van der Waals surface area contributed by atoms with E-state index in [1.54, 1.807) is 48.7 Å². The van der Waals surface area contributed by atoms with Gasteiger partial charge in [-0.15, -0.1) is 0 Å². The number of pyridine rings is 2. The third-order valence-electron chi connectivity index (χ3n) is 15.7. The molecule has 19 heteroatoms. The van der Waals surface area contributed by atoms with Crippen LogP contribution in [0.1, 0.15) is 208 Å². The van der Waals surface area contributed by atoms with Gasteiger partial charge in [-0.25, -0.2) is 29.3 Å². The quantitative estimate of drug-likeness (QED) is 0.0571. The largest absolute Gasteiger partial charge is 2.00 e. The van der Waals surface area contributed by atoms with E-state index in [-0.39, 0.29) is 65.7 Å². The Labute approximate surface area is 527 Å². The summed E-state index contributed by atoms with van der Waals surface area (Å²) in [5.74, 6) is 0.106. The molecule has 0 saturated heterocycles. The molecule has 2 saturated carbocycles. The Morgan fingerprint density at radius 3 is 1.38 bits per heavy atom. The molecule has 2 fully saturated rings. The fourth-order valence-corrected chi connectivity index (χ4v) is 26.4. The number of aromatic nitrogens is 4. The van der Waals surface area contributed by atoms with E-state index in [9.17, 15) is 19.5 Å². The summed E-state index contributed by atoms with van der Waals surface area (Å²) in [4.78, 5) is 47.4. The summed E-state index contributed by atoms with van der Waals surface area (Å²) in [6.45, 7) is 52.9. The number of carbonyl (C=O) groups is 3. The first kappa shape index (κ1) is 76.5. The molecule has 81 heavy (non-hydrogen) atoms. The fourth-order valence-electron chi connectivity index (χ4n) is 12.7. The number of amides is 3. The van der Waals surface area contributed by atoms with E-state index in [2.05, 4.69) is 151 Å². The van der Waals surface area contributed by atoms with Gasteiger partial charge in [-0.2, -0.15) is 13.8 Å². The maximum Gasteiger partial charge on any atom is 2.00 e. The number of nitrogens with zero attached hydrogens (tertiary/aromatic N) is 5. The van der Waals surface area contributed by atoms with Gasteiger partial charge >= 0.3 is 41.3 Å². The third-order valence-corrected chi connectivity index (χ3v) is 30.7. The van der Waals surface area contributed by atoms with Gasteiger partial charge in [0.15, 0.2) is 16.5 Å². The molecule has 2 aliphatic rings. The van der Waals surface area contributed by atoms with Crippen LogP contribution in [0.15, 0.2) is 36.9 Å². The van der Waals surface area contributed by atoms with Crippen molar-refractivity contribution in [2.75, 3.05) is 7.11 Å². The van der Waals surface area contributed by atoms with Gasteiger partial charge in [0.05, 0.1) is 18.2 Å². The molecule has 4 aromatic heterocycles. The van der Waals surface area contributed by atoms with E-state index in [1.807, 2.05) is 60.4 Å². The molecule has 4 heterocycles. The van der Waals surface area contributed by atoms with Crippen LogP contribution in [0.3, 0.4) is 0 Å². The van der Waals surface area contributed by atoms with Crippen LogP contribution < -0.4 is 17.7 Å². The van der Waals surface area contributed by atoms with Crippen molar-refractivity contribution in [1.29, 1.82) is 0 Å². The van der Waals surface area contributed by atoms with Crippen molar-refractivity contribution in [2.24, 2.45) is 5.92 Å². The molecule has 4 aromatic rings. The van der Waals surface area contributed by atoms with Crippen molar-refractivity contribution >= 4 is 102 Å². The Bertz CT molecular complexity index is 2560. The summed E-state index contributed by atoms with van der Waals surface area (Å²) < 4.78 is 27.6. The number of rotatable bonds is 13. The van der Waals surface area contributed by atoms with Gasteiger partial charge in [0.1, 0.15) is 28.1 Å². The van der Waals surface area contributed by atoms with Crippen LogP contribution in [-0.2, 0) is 18.9 Å². The molecule has 0 spiro atoms. The minimum absolute atomic E-state index is 0. The topological polar surface area (TPSA) is 159 Å². The zero-order valence-electron chi connectivity index (χ0n) is 54.7. The second-order valence-corrected chi connectivity index (χ2v) is 39.6. The van der Waals surface area contributed by atoms with Crippen LogP contribution in [0, 0.1) is 29.8 Å². The normalized spacial score (nSPS) is 17.9. The number of hydrogen-bond donors (Lipinski definition) is 2. The fraction of sp³-hybridized carbons (Fsp3) is 0.710. The minimum atomic E-state index is -1.95. The molecule has 0 aliphatic heterocycles. The van der Waals surface area contributed by atoms with Gasteiger partial charge in [-0.05, 0) is 205 Å². The average molecular weight is 1310 g/mol. The van der Waals surface area contributed by atoms with Crippen LogP contribution in [0.2, 0.25) is 33.2 Å². The molecule has 2 aliphatic carbocycles. The van der Waals surface area contributed by atoms with E-state index < -0.39 is 51.6 Å². The van der Waals surface area contributed by atoms with Gasteiger partial charge in [-0.1, -0.05) is 83.1 Å². The van der Waals surface area contributed by atoms with E-state index in [1.165, 1.54) is 20.2 Å². The van der Waals surface area contributed by atoms with Crippen molar-refractivity contribution in [3.8, 4) is 0 Å². The van der Waals surface area contributed by atoms with Crippen LogP contribution in [0.25, 0.3) is 22.1 Å². The summed E-state index contributed by atoms with van der Waals surface area (Å²) in [5.41, 5.74) is 7.38. The number of aliphatic hydroxyl groups is 1. The Hall–Kier alpha value is -2.47. The number of halogens is 2. The molecule has 456 valence electrons. The van der Waals surface area contributed by atoms with Crippen LogP contribution in [0.4, 0.5) is 14.4 Å². The second kappa shape index (κ2) is 31.3. The van der Waals surface area contributed by atoms with Gasteiger partial charge in [0, 0.05) is 39.9 Å². The van der Waals surface area contributed by atoms with Crippen molar-refractivity contribution < 1.29 is 50.8 Å². The first-order valence-electron chi connectivity index (χ1n) is 29.1. The molecule has 3 amide bonds. The number of carbonyl (C=O) groups excluding carboxylic acids is 3. The number of fused-ring (bicyclic) bond motifs is 2. The van der Waals surface area contributed by atoms with Crippen LogP contribution in [0.5, 0.6) is 0 Å². The number of aryl methyl sites for hydroxylation is 2. The van der Waals surface area contributed by atoms with E-state index in [0.717, 1.165) is 39.9 Å². The summed E-state index contributed by atoms with van der Waals surface area (Å²) in [7, 11) is -2.04. The average Bonchev–Trinajstić information content (AvgIpc) is 3.88. The molecule has 14 nitrogen and oxygen atoms in total. The Balaban J connectivity index is 0.000000611. The molecule has 0 bridgehead atoms. The van der Waals surface area contributed by atoms with Crippen LogP contribution >= 0.6 is 22.6 Å². The van der Waals surface area contributed by atoms with Crippen molar-refractivity contribution in [2.45, 2.75) is 273 Å².